The molecule has 4 rings (SSSR count). The first-order chi connectivity index (χ1) is 15.1. The summed E-state index contributed by atoms with van der Waals surface area (Å²) >= 11 is 1.58. The number of benzene rings is 2. The molecule has 1 amide bonds. The van der Waals surface area contributed by atoms with Crippen molar-refractivity contribution in [1.29, 1.82) is 0 Å². The molecule has 158 valence electrons. The molecule has 0 radical (unpaired) electrons. The van der Waals surface area contributed by atoms with Gasteiger partial charge in [0.25, 0.3) is 5.91 Å². The number of aromatic amines is 1. The number of carbonyl (C=O) groups is 1. The van der Waals surface area contributed by atoms with Gasteiger partial charge in [0.2, 0.25) is 0 Å². The fourth-order valence-electron chi connectivity index (χ4n) is 3.26. The van der Waals surface area contributed by atoms with Crippen LogP contribution in [0.5, 0.6) is 11.5 Å². The fraction of sp³-hybridized carbons (Fsp3) is 0.130. The Kier molecular flexibility index (Phi) is 5.99. The monoisotopic (exact) mass is 437 g/mol. The van der Waals surface area contributed by atoms with Gasteiger partial charge in [-0.15, -0.1) is 11.3 Å². The minimum Gasteiger partial charge on any atom is -0.495 e. The number of carbonyl (C=O) groups excluding carboxylic acids is 1. The number of nitrogens with one attached hydrogen (secondary N) is 2. The molecular formula is C23H20FN3O3S. The van der Waals surface area contributed by atoms with Crippen molar-refractivity contribution in [2.75, 3.05) is 14.2 Å². The first-order valence-corrected chi connectivity index (χ1v) is 10.4. The third kappa shape index (κ3) is 4.29. The topological polar surface area (TPSA) is 76.2 Å². The lowest BCUT2D eigenvalue weighted by Gasteiger charge is -2.10. The molecule has 0 saturated carbocycles. The summed E-state index contributed by atoms with van der Waals surface area (Å²) in [7, 11) is 2.94. The number of amides is 1. The Balaban J connectivity index is 1.65. The van der Waals surface area contributed by atoms with E-state index in [4.69, 9.17) is 9.47 Å². The van der Waals surface area contributed by atoms with Gasteiger partial charge in [-0.3, -0.25) is 9.89 Å². The molecule has 0 bridgehead atoms. The molecule has 0 aliphatic rings. The lowest BCUT2D eigenvalue weighted by molar-refractivity contribution is 0.0948. The van der Waals surface area contributed by atoms with Gasteiger partial charge in [0, 0.05) is 4.88 Å². The molecule has 0 aliphatic heterocycles. The van der Waals surface area contributed by atoms with Crippen molar-refractivity contribution in [3.05, 3.63) is 75.4 Å². The molecule has 2 N–H and O–H groups in total. The van der Waals surface area contributed by atoms with Crippen LogP contribution >= 0.6 is 11.3 Å². The number of fused-ring (bicyclic) bond motifs is 1. The van der Waals surface area contributed by atoms with Crippen molar-refractivity contribution in [2.24, 2.45) is 0 Å². The van der Waals surface area contributed by atoms with Gasteiger partial charge in [0.15, 0.2) is 11.6 Å². The molecule has 0 unspecified atom stereocenters. The highest BCUT2D eigenvalue weighted by Gasteiger charge is 2.19. The second-order valence-electron chi connectivity index (χ2n) is 6.67. The molecule has 6 nitrogen and oxygen atoms in total. The molecule has 0 aliphatic carbocycles. The number of halogens is 1. The third-order valence-corrected chi connectivity index (χ3v) is 5.65. The third-order valence-electron chi connectivity index (χ3n) is 4.77. The average molecular weight is 437 g/mol. The summed E-state index contributed by atoms with van der Waals surface area (Å²) in [5.74, 6) is -0.0681. The molecule has 2 aromatic heterocycles. The van der Waals surface area contributed by atoms with Crippen LogP contribution in [0.15, 0.2) is 47.8 Å². The van der Waals surface area contributed by atoms with Crippen molar-refractivity contribution in [1.82, 2.24) is 15.5 Å². The van der Waals surface area contributed by atoms with Gasteiger partial charge >= 0.3 is 0 Å². The van der Waals surface area contributed by atoms with E-state index >= 15 is 0 Å². The average Bonchev–Trinajstić information content (AvgIpc) is 3.45. The molecule has 0 fully saturated rings. The molecule has 0 saturated heterocycles. The highest BCUT2D eigenvalue weighted by molar-refractivity contribution is 7.09. The van der Waals surface area contributed by atoms with Crippen molar-refractivity contribution >= 4 is 40.3 Å². The van der Waals surface area contributed by atoms with Crippen LogP contribution in [-0.2, 0) is 6.54 Å². The summed E-state index contributed by atoms with van der Waals surface area (Å²) in [5.41, 5.74) is 2.38. The minimum absolute atomic E-state index is 0.184. The van der Waals surface area contributed by atoms with Gasteiger partial charge in [0.1, 0.15) is 5.75 Å². The summed E-state index contributed by atoms with van der Waals surface area (Å²) < 4.78 is 24.5. The highest BCUT2D eigenvalue weighted by Crippen LogP contribution is 2.32. The number of hydrogen-bond acceptors (Lipinski definition) is 5. The van der Waals surface area contributed by atoms with Crippen LogP contribution in [0.4, 0.5) is 4.39 Å². The molecule has 2 aromatic carbocycles. The minimum atomic E-state index is -0.443. The predicted molar refractivity (Wildman–Crippen MR) is 120 cm³/mol. The van der Waals surface area contributed by atoms with Gasteiger partial charge in [-0.05, 0) is 47.4 Å². The lowest BCUT2D eigenvalue weighted by Crippen LogP contribution is -2.22. The van der Waals surface area contributed by atoms with Crippen molar-refractivity contribution in [3.8, 4) is 11.5 Å². The summed E-state index contributed by atoms with van der Waals surface area (Å²) in [6.45, 7) is 0.443. The molecule has 31 heavy (non-hydrogen) atoms. The van der Waals surface area contributed by atoms with E-state index in [2.05, 4.69) is 15.5 Å². The number of methoxy groups -OCH3 is 2. The molecule has 8 heteroatoms. The van der Waals surface area contributed by atoms with Gasteiger partial charge < -0.3 is 14.8 Å². The maximum Gasteiger partial charge on any atom is 0.255 e. The normalized spacial score (nSPS) is 11.2. The number of H-pyrrole nitrogens is 1. The van der Waals surface area contributed by atoms with E-state index in [1.54, 1.807) is 47.8 Å². The van der Waals surface area contributed by atoms with Crippen molar-refractivity contribution < 1.29 is 18.7 Å². The standard InChI is InChI=1S/C23H20FN3O3S/c1-29-20-10-6-14(12-17(20)24)5-8-18-21-19(27-26-18)9-7-16(22(21)30-2)23(28)25-13-15-4-3-11-31-15/h3-12H,13H2,1-2H3,(H,25,28)(H,26,27)/b8-5+. The number of aromatic nitrogens is 2. The maximum absolute atomic E-state index is 14.0. The van der Waals surface area contributed by atoms with Gasteiger partial charge in [-0.25, -0.2) is 4.39 Å². The van der Waals surface area contributed by atoms with Crippen LogP contribution in [0.3, 0.4) is 0 Å². The van der Waals surface area contributed by atoms with E-state index in [9.17, 15) is 9.18 Å². The zero-order chi connectivity index (χ0) is 21.8. The van der Waals surface area contributed by atoms with Crippen molar-refractivity contribution in [3.63, 3.8) is 0 Å². The van der Waals surface area contributed by atoms with Gasteiger partial charge in [-0.2, -0.15) is 5.10 Å². The van der Waals surface area contributed by atoms with Crippen LogP contribution in [0.25, 0.3) is 23.1 Å². The Morgan fingerprint density at radius 2 is 2.06 bits per heavy atom. The largest absolute Gasteiger partial charge is 0.495 e. The van der Waals surface area contributed by atoms with E-state index < -0.39 is 5.82 Å². The molecular weight excluding hydrogens is 417 g/mol. The summed E-state index contributed by atoms with van der Waals surface area (Å²) in [4.78, 5) is 13.8. The number of rotatable bonds is 7. The smallest absolute Gasteiger partial charge is 0.255 e. The zero-order valence-corrected chi connectivity index (χ0v) is 17.8. The van der Waals surface area contributed by atoms with E-state index in [1.807, 2.05) is 17.5 Å². The SMILES string of the molecule is COc1ccc(/C=C/c2[nH]nc3ccc(C(=O)NCc4cccs4)c(OC)c23)cc1F. The van der Waals surface area contributed by atoms with Crippen LogP contribution in [0.2, 0.25) is 0 Å². The molecule has 2 heterocycles. The lowest BCUT2D eigenvalue weighted by atomic mass is 10.1. The van der Waals surface area contributed by atoms with Gasteiger partial charge in [0.05, 0.1) is 42.9 Å². The Hall–Kier alpha value is -3.65. The van der Waals surface area contributed by atoms with Crippen LogP contribution in [0, 0.1) is 5.82 Å². The number of hydrogen-bond donors (Lipinski definition) is 2. The zero-order valence-electron chi connectivity index (χ0n) is 16.9. The quantitative estimate of drug-likeness (QED) is 0.432. The predicted octanol–water partition coefficient (Wildman–Crippen LogP) is 4.88. The molecule has 4 aromatic rings. The Morgan fingerprint density at radius 3 is 2.77 bits per heavy atom. The first kappa shape index (κ1) is 20.6. The molecule has 0 atom stereocenters. The van der Waals surface area contributed by atoms with E-state index in [0.29, 0.717) is 40.0 Å². The Labute approximate surface area is 182 Å². The molecule has 0 spiro atoms. The van der Waals surface area contributed by atoms with E-state index in [-0.39, 0.29) is 11.7 Å². The Morgan fingerprint density at radius 1 is 1.19 bits per heavy atom. The summed E-state index contributed by atoms with van der Waals surface area (Å²) in [5, 5.41) is 12.8. The number of thiophene rings is 1. The second kappa shape index (κ2) is 9.01. The summed E-state index contributed by atoms with van der Waals surface area (Å²) in [6.07, 6.45) is 3.52. The maximum atomic E-state index is 14.0. The van der Waals surface area contributed by atoms with Gasteiger partial charge in [-0.1, -0.05) is 18.2 Å². The number of ether oxygens (including phenoxy) is 2. The first-order valence-electron chi connectivity index (χ1n) is 9.48. The van der Waals surface area contributed by atoms with Crippen LogP contribution in [-0.4, -0.2) is 30.3 Å². The van der Waals surface area contributed by atoms with E-state index in [0.717, 1.165) is 4.88 Å². The second-order valence-corrected chi connectivity index (χ2v) is 7.70. The van der Waals surface area contributed by atoms with Crippen LogP contribution in [0.1, 0.15) is 26.5 Å². The van der Waals surface area contributed by atoms with E-state index in [1.165, 1.54) is 20.3 Å². The number of nitrogens with zero attached hydrogens (tertiary/aromatic N) is 1. The Bertz CT molecular complexity index is 1250. The van der Waals surface area contributed by atoms with Crippen LogP contribution < -0.4 is 14.8 Å². The highest BCUT2D eigenvalue weighted by atomic mass is 32.1. The fourth-order valence-corrected chi connectivity index (χ4v) is 3.90. The summed E-state index contributed by atoms with van der Waals surface area (Å²) in [6, 6.07) is 12.1. The van der Waals surface area contributed by atoms with Crippen molar-refractivity contribution in [2.45, 2.75) is 6.54 Å².